The summed E-state index contributed by atoms with van der Waals surface area (Å²) in [5.41, 5.74) is 1.62. The van der Waals surface area contributed by atoms with Gasteiger partial charge in [-0.1, -0.05) is 36.8 Å². The standard InChI is InChI=1S/C21H32O4/c1-13-4-7-17(23)10-15(13)5-6-16-11-18(24)12-20(3)19(16)8-9-21(20,25)14(2)22/h5-6,14,17-19,22-25H,1,4,7-12H2,2-3H3/b15-5-,16-6+/t14-,17-,18-,19-,20-,21-/m0/s1. The van der Waals surface area contributed by atoms with E-state index < -0.39 is 23.2 Å². The molecule has 140 valence electrons. The molecule has 6 atom stereocenters. The zero-order valence-electron chi connectivity index (χ0n) is 15.4. The van der Waals surface area contributed by atoms with Crippen molar-refractivity contribution in [1.29, 1.82) is 0 Å². The van der Waals surface area contributed by atoms with Gasteiger partial charge in [-0.05, 0) is 63.4 Å². The molecular weight excluding hydrogens is 316 g/mol. The van der Waals surface area contributed by atoms with E-state index in [0.29, 0.717) is 25.7 Å². The molecule has 0 bridgehead atoms. The topological polar surface area (TPSA) is 80.9 Å². The van der Waals surface area contributed by atoms with Crippen LogP contribution in [0.25, 0.3) is 0 Å². The summed E-state index contributed by atoms with van der Waals surface area (Å²) in [6, 6.07) is 0. The van der Waals surface area contributed by atoms with Crippen LogP contribution < -0.4 is 0 Å². The van der Waals surface area contributed by atoms with E-state index in [4.69, 9.17) is 0 Å². The fraction of sp³-hybridized carbons (Fsp3) is 0.714. The van der Waals surface area contributed by atoms with E-state index in [-0.39, 0.29) is 12.0 Å². The molecule has 3 aliphatic rings. The van der Waals surface area contributed by atoms with Crippen molar-refractivity contribution in [3.8, 4) is 0 Å². The van der Waals surface area contributed by atoms with Gasteiger partial charge in [0, 0.05) is 5.41 Å². The van der Waals surface area contributed by atoms with Gasteiger partial charge in [-0.3, -0.25) is 0 Å². The predicted octanol–water partition coefficient (Wildman–Crippen LogP) is 2.62. The van der Waals surface area contributed by atoms with Crippen molar-refractivity contribution in [2.45, 2.75) is 82.7 Å². The quantitative estimate of drug-likeness (QED) is 0.618. The Balaban J connectivity index is 1.91. The highest BCUT2D eigenvalue weighted by Crippen LogP contribution is 2.60. The molecule has 0 unspecified atom stereocenters. The van der Waals surface area contributed by atoms with Crippen LogP contribution in [0.4, 0.5) is 0 Å². The number of hydrogen-bond donors (Lipinski definition) is 4. The lowest BCUT2D eigenvalue weighted by molar-refractivity contribution is -0.154. The molecule has 3 aliphatic carbocycles. The molecule has 0 radical (unpaired) electrons. The summed E-state index contributed by atoms with van der Waals surface area (Å²) in [7, 11) is 0. The molecule has 25 heavy (non-hydrogen) atoms. The summed E-state index contributed by atoms with van der Waals surface area (Å²) >= 11 is 0. The molecule has 0 heterocycles. The molecule has 4 nitrogen and oxygen atoms in total. The maximum Gasteiger partial charge on any atom is 0.0962 e. The zero-order valence-corrected chi connectivity index (χ0v) is 15.4. The van der Waals surface area contributed by atoms with Crippen LogP contribution in [0.5, 0.6) is 0 Å². The third-order valence-corrected chi connectivity index (χ3v) is 7.03. The zero-order chi connectivity index (χ0) is 18.4. The second-order valence-corrected chi connectivity index (χ2v) is 8.60. The Hall–Kier alpha value is -0.940. The fourth-order valence-corrected chi connectivity index (χ4v) is 5.43. The summed E-state index contributed by atoms with van der Waals surface area (Å²) in [6.45, 7) is 7.75. The summed E-state index contributed by atoms with van der Waals surface area (Å²) in [5.74, 6) is 0.161. The normalized spacial score (nSPS) is 46.5. The van der Waals surface area contributed by atoms with E-state index >= 15 is 0 Å². The average Bonchev–Trinajstić information content (AvgIpc) is 2.80. The van der Waals surface area contributed by atoms with Crippen molar-refractivity contribution in [1.82, 2.24) is 0 Å². The Morgan fingerprint density at radius 3 is 2.56 bits per heavy atom. The second-order valence-electron chi connectivity index (χ2n) is 8.60. The van der Waals surface area contributed by atoms with E-state index in [1.54, 1.807) is 6.92 Å². The smallest absolute Gasteiger partial charge is 0.0962 e. The largest absolute Gasteiger partial charge is 0.393 e. The van der Waals surface area contributed by atoms with Crippen LogP contribution in [-0.2, 0) is 0 Å². The lowest BCUT2D eigenvalue weighted by Gasteiger charge is -2.49. The van der Waals surface area contributed by atoms with Crippen molar-refractivity contribution in [2.75, 3.05) is 0 Å². The van der Waals surface area contributed by atoms with Gasteiger partial charge in [0.05, 0.1) is 23.9 Å². The van der Waals surface area contributed by atoms with Crippen LogP contribution >= 0.6 is 0 Å². The number of hydrogen-bond acceptors (Lipinski definition) is 4. The molecule has 4 N–H and O–H groups in total. The van der Waals surface area contributed by atoms with Crippen LogP contribution in [0, 0.1) is 11.3 Å². The maximum atomic E-state index is 11.1. The Kier molecular flexibility index (Phi) is 5.02. The SMILES string of the molecule is C=C1CC[C@H](O)C/C1=C/C=C1\C[C@H](O)C[C@@]2(C)[C@H]1CC[C@]2(O)[C@H](C)O. The molecule has 0 spiro atoms. The first-order chi connectivity index (χ1) is 11.7. The molecule has 0 amide bonds. The maximum absolute atomic E-state index is 11.1. The molecule has 0 aromatic heterocycles. The third kappa shape index (κ3) is 3.14. The van der Waals surface area contributed by atoms with Crippen LogP contribution in [0.1, 0.15) is 58.8 Å². The number of rotatable bonds is 2. The Morgan fingerprint density at radius 2 is 1.88 bits per heavy atom. The van der Waals surface area contributed by atoms with Crippen molar-refractivity contribution in [3.05, 3.63) is 35.5 Å². The summed E-state index contributed by atoms with van der Waals surface area (Å²) in [4.78, 5) is 0. The Morgan fingerprint density at radius 1 is 1.16 bits per heavy atom. The molecule has 3 rings (SSSR count). The van der Waals surface area contributed by atoms with Crippen LogP contribution in [0.15, 0.2) is 35.5 Å². The first-order valence-corrected chi connectivity index (χ1v) is 9.51. The van der Waals surface area contributed by atoms with Crippen molar-refractivity contribution >= 4 is 0 Å². The highest BCUT2D eigenvalue weighted by Gasteiger charge is 2.61. The van der Waals surface area contributed by atoms with Gasteiger partial charge in [0.1, 0.15) is 0 Å². The molecule has 0 saturated heterocycles. The van der Waals surface area contributed by atoms with Gasteiger partial charge < -0.3 is 20.4 Å². The predicted molar refractivity (Wildman–Crippen MR) is 97.9 cm³/mol. The van der Waals surface area contributed by atoms with E-state index in [1.807, 2.05) is 13.0 Å². The molecule has 0 aliphatic heterocycles. The molecule has 4 heteroatoms. The van der Waals surface area contributed by atoms with Crippen molar-refractivity contribution in [2.24, 2.45) is 11.3 Å². The minimum absolute atomic E-state index is 0.161. The lowest BCUT2D eigenvalue weighted by Crippen LogP contribution is -2.55. The summed E-state index contributed by atoms with van der Waals surface area (Å²) in [6.07, 6.45) is 7.20. The van der Waals surface area contributed by atoms with Gasteiger partial charge in [-0.25, -0.2) is 0 Å². The van der Waals surface area contributed by atoms with Crippen LogP contribution in [0.2, 0.25) is 0 Å². The van der Waals surface area contributed by atoms with Gasteiger partial charge >= 0.3 is 0 Å². The van der Waals surface area contributed by atoms with Crippen molar-refractivity contribution < 1.29 is 20.4 Å². The Labute approximate surface area is 150 Å². The van der Waals surface area contributed by atoms with Crippen LogP contribution in [-0.4, -0.2) is 44.3 Å². The van der Waals surface area contributed by atoms with Gasteiger partial charge in [-0.2, -0.15) is 0 Å². The van der Waals surface area contributed by atoms with E-state index in [1.165, 1.54) is 0 Å². The first kappa shape index (κ1) is 18.8. The van der Waals surface area contributed by atoms with Gasteiger partial charge in [-0.15, -0.1) is 0 Å². The minimum atomic E-state index is -1.16. The first-order valence-electron chi connectivity index (χ1n) is 9.51. The van der Waals surface area contributed by atoms with E-state index in [9.17, 15) is 20.4 Å². The fourth-order valence-electron chi connectivity index (χ4n) is 5.43. The van der Waals surface area contributed by atoms with Crippen LogP contribution in [0.3, 0.4) is 0 Å². The molecule has 0 aromatic carbocycles. The third-order valence-electron chi connectivity index (χ3n) is 7.03. The minimum Gasteiger partial charge on any atom is -0.393 e. The summed E-state index contributed by atoms with van der Waals surface area (Å²) < 4.78 is 0. The average molecular weight is 348 g/mol. The lowest BCUT2D eigenvalue weighted by atomic mass is 9.59. The second kappa shape index (κ2) is 6.66. The Bertz CT molecular complexity index is 605. The number of aliphatic hydroxyl groups is 4. The van der Waals surface area contributed by atoms with Gasteiger partial charge in [0.15, 0.2) is 0 Å². The summed E-state index contributed by atoms with van der Waals surface area (Å²) in [5, 5.41) is 41.6. The van der Waals surface area contributed by atoms with E-state index in [2.05, 4.69) is 12.7 Å². The van der Waals surface area contributed by atoms with Gasteiger partial charge in [0.25, 0.3) is 0 Å². The molecule has 0 aromatic rings. The number of aliphatic hydroxyl groups excluding tert-OH is 3. The monoisotopic (exact) mass is 348 g/mol. The van der Waals surface area contributed by atoms with Gasteiger partial charge in [0.2, 0.25) is 0 Å². The van der Waals surface area contributed by atoms with Crippen molar-refractivity contribution in [3.63, 3.8) is 0 Å². The molecular formula is C21H32O4. The van der Waals surface area contributed by atoms with E-state index in [0.717, 1.165) is 36.0 Å². The highest BCUT2D eigenvalue weighted by molar-refractivity contribution is 5.37. The molecule has 3 fully saturated rings. The number of fused-ring (bicyclic) bond motifs is 1. The number of allylic oxidation sites excluding steroid dienone is 3. The highest BCUT2D eigenvalue weighted by atomic mass is 16.3. The molecule has 3 saturated carbocycles.